The van der Waals surface area contributed by atoms with Gasteiger partial charge in [0.2, 0.25) is 10.0 Å². The molecule has 2 heterocycles. The maximum Gasteiger partial charge on any atom is 0.416 e. The van der Waals surface area contributed by atoms with Gasteiger partial charge in [-0.25, -0.2) is 8.42 Å². The zero-order valence-corrected chi connectivity index (χ0v) is 22.7. The molecule has 9 heteroatoms. The summed E-state index contributed by atoms with van der Waals surface area (Å²) < 4.78 is 69.4. The number of piperidine rings is 1. The zero-order valence-electron chi connectivity index (χ0n) is 21.1. The lowest BCUT2D eigenvalue weighted by Crippen LogP contribution is -2.38. The number of fused-ring (bicyclic) bond motifs is 1. The number of benzene rings is 3. The van der Waals surface area contributed by atoms with Gasteiger partial charge in [-0.1, -0.05) is 41.9 Å². The van der Waals surface area contributed by atoms with E-state index in [1.165, 1.54) is 12.1 Å². The Balaban J connectivity index is 1.37. The van der Waals surface area contributed by atoms with Crippen molar-refractivity contribution in [1.29, 1.82) is 0 Å². The molecule has 200 valence electrons. The van der Waals surface area contributed by atoms with Crippen LogP contribution in [0, 0.1) is 13.8 Å². The lowest BCUT2D eigenvalue weighted by Gasteiger charge is -2.31. The molecule has 0 bridgehead atoms. The van der Waals surface area contributed by atoms with E-state index in [4.69, 9.17) is 11.6 Å². The summed E-state index contributed by atoms with van der Waals surface area (Å²) in [6.45, 7) is 4.82. The first kappa shape index (κ1) is 26.8. The topological polar surface area (TPSA) is 42.3 Å². The van der Waals surface area contributed by atoms with Crippen LogP contribution >= 0.6 is 11.6 Å². The SMILES string of the molecule is Cc1cc(S(=O)(=O)N2CCC(c3cn(Cc4ccc(C(F)(F)F)cc4)c4ccccc34)CC2)c(C)cc1Cl. The van der Waals surface area contributed by atoms with E-state index in [0.29, 0.717) is 48.0 Å². The predicted molar refractivity (Wildman–Crippen MR) is 144 cm³/mol. The van der Waals surface area contributed by atoms with Crippen molar-refractivity contribution in [3.05, 3.63) is 99.7 Å². The highest BCUT2D eigenvalue weighted by atomic mass is 35.5. The number of sulfonamides is 1. The smallest absolute Gasteiger partial charge is 0.343 e. The van der Waals surface area contributed by atoms with E-state index in [1.807, 2.05) is 18.2 Å². The van der Waals surface area contributed by atoms with E-state index in [1.54, 1.807) is 30.3 Å². The highest BCUT2D eigenvalue weighted by Gasteiger charge is 2.33. The summed E-state index contributed by atoms with van der Waals surface area (Å²) >= 11 is 6.18. The molecule has 4 nitrogen and oxygen atoms in total. The molecule has 0 amide bonds. The maximum atomic E-state index is 13.4. The van der Waals surface area contributed by atoms with Crippen molar-refractivity contribution in [1.82, 2.24) is 8.87 Å². The van der Waals surface area contributed by atoms with Gasteiger partial charge in [-0.3, -0.25) is 0 Å². The lowest BCUT2D eigenvalue weighted by molar-refractivity contribution is -0.137. The van der Waals surface area contributed by atoms with E-state index < -0.39 is 21.8 Å². The average Bonchev–Trinajstić information content (AvgIpc) is 3.24. The molecular weight excluding hydrogens is 533 g/mol. The van der Waals surface area contributed by atoms with E-state index >= 15 is 0 Å². The van der Waals surface area contributed by atoms with Crippen molar-refractivity contribution < 1.29 is 21.6 Å². The molecule has 1 aliphatic heterocycles. The van der Waals surface area contributed by atoms with Crippen molar-refractivity contribution in [3.8, 4) is 0 Å². The van der Waals surface area contributed by atoms with Gasteiger partial charge in [0.25, 0.3) is 0 Å². The minimum Gasteiger partial charge on any atom is -0.343 e. The number of aryl methyl sites for hydroxylation is 2. The number of nitrogens with zero attached hydrogens (tertiary/aromatic N) is 2. The van der Waals surface area contributed by atoms with Crippen LogP contribution in [0.3, 0.4) is 0 Å². The Morgan fingerprint density at radius 2 is 1.61 bits per heavy atom. The van der Waals surface area contributed by atoms with Gasteiger partial charge in [-0.2, -0.15) is 17.5 Å². The number of para-hydroxylation sites is 1. The normalized spacial score (nSPS) is 15.8. The molecule has 0 N–H and O–H groups in total. The number of halogens is 4. The summed E-state index contributed by atoms with van der Waals surface area (Å²) in [6, 6.07) is 16.6. The number of hydrogen-bond acceptors (Lipinski definition) is 2. The molecule has 0 unspecified atom stereocenters. The number of alkyl halides is 3. The molecule has 1 fully saturated rings. The molecular formula is C29H28ClF3N2O2S. The van der Waals surface area contributed by atoms with Crippen LogP contribution in [0.5, 0.6) is 0 Å². The first-order valence-electron chi connectivity index (χ1n) is 12.5. The largest absolute Gasteiger partial charge is 0.416 e. The third kappa shape index (κ3) is 5.09. The standard InChI is InChI=1S/C29H28ClF3N2O2S/c1-19-16-28(20(2)15-26(19)30)38(36,37)35-13-11-22(12-14-35)25-18-34(27-6-4-3-5-24(25)27)17-21-7-9-23(10-8-21)29(31,32)33/h3-10,15-16,18,22H,11-14,17H2,1-2H3. The molecule has 1 saturated heterocycles. The molecule has 0 atom stereocenters. The Hall–Kier alpha value is -2.81. The quantitative estimate of drug-likeness (QED) is 0.253. The molecule has 5 rings (SSSR count). The zero-order chi connectivity index (χ0) is 27.2. The van der Waals surface area contributed by atoms with Crippen LogP contribution in [0.2, 0.25) is 5.02 Å². The van der Waals surface area contributed by atoms with Crippen molar-refractivity contribution in [2.24, 2.45) is 0 Å². The second kappa shape index (κ2) is 10.1. The lowest BCUT2D eigenvalue weighted by atomic mass is 9.90. The third-order valence-corrected chi connectivity index (χ3v) is 9.87. The Labute approximate surface area is 225 Å². The van der Waals surface area contributed by atoms with Crippen LogP contribution in [0.25, 0.3) is 10.9 Å². The van der Waals surface area contributed by atoms with Gasteiger partial charge in [0.1, 0.15) is 0 Å². The molecule has 4 aromatic rings. The van der Waals surface area contributed by atoms with Crippen LogP contribution in [0.15, 0.2) is 71.8 Å². The Bertz CT molecular complexity index is 1590. The van der Waals surface area contributed by atoms with Gasteiger partial charge >= 0.3 is 6.18 Å². The van der Waals surface area contributed by atoms with Gasteiger partial charge < -0.3 is 4.57 Å². The van der Waals surface area contributed by atoms with Crippen molar-refractivity contribution in [3.63, 3.8) is 0 Å². The van der Waals surface area contributed by atoms with Crippen molar-refractivity contribution >= 4 is 32.5 Å². The third-order valence-electron chi connectivity index (χ3n) is 7.42. The van der Waals surface area contributed by atoms with Crippen molar-refractivity contribution in [2.75, 3.05) is 13.1 Å². The first-order chi connectivity index (χ1) is 17.9. The van der Waals surface area contributed by atoms with Gasteiger partial charge in [0.05, 0.1) is 10.5 Å². The molecule has 1 aromatic heterocycles. The molecule has 3 aromatic carbocycles. The van der Waals surface area contributed by atoms with E-state index in [2.05, 4.69) is 16.8 Å². The molecule has 1 aliphatic rings. The minimum atomic E-state index is -4.36. The van der Waals surface area contributed by atoms with E-state index in [0.717, 1.165) is 39.7 Å². The fraction of sp³-hybridized carbons (Fsp3) is 0.310. The number of rotatable bonds is 5. The Kier molecular flexibility index (Phi) is 7.09. The fourth-order valence-electron chi connectivity index (χ4n) is 5.31. The van der Waals surface area contributed by atoms with Crippen LogP contribution in [0.1, 0.15) is 46.6 Å². The monoisotopic (exact) mass is 560 g/mol. The second-order valence-corrected chi connectivity index (χ2v) is 12.3. The van der Waals surface area contributed by atoms with Gasteiger partial charge in [0, 0.05) is 41.8 Å². The summed E-state index contributed by atoms with van der Waals surface area (Å²) in [6.07, 6.45) is -0.929. The number of hydrogen-bond donors (Lipinski definition) is 0. The molecule has 0 radical (unpaired) electrons. The molecule has 0 saturated carbocycles. The second-order valence-electron chi connectivity index (χ2n) is 9.97. The van der Waals surface area contributed by atoms with Gasteiger partial charge in [-0.15, -0.1) is 0 Å². The van der Waals surface area contributed by atoms with Crippen LogP contribution in [-0.4, -0.2) is 30.4 Å². The molecule has 0 aliphatic carbocycles. The Morgan fingerprint density at radius 3 is 2.26 bits per heavy atom. The van der Waals surface area contributed by atoms with Gasteiger partial charge in [-0.05, 0) is 85.2 Å². The van der Waals surface area contributed by atoms with Gasteiger partial charge in [0.15, 0.2) is 0 Å². The Morgan fingerprint density at radius 1 is 0.947 bits per heavy atom. The summed E-state index contributed by atoms with van der Waals surface area (Å²) in [5.74, 6) is 0.174. The highest BCUT2D eigenvalue weighted by Crippen LogP contribution is 2.37. The van der Waals surface area contributed by atoms with Crippen molar-refractivity contribution in [2.45, 2.75) is 50.2 Å². The maximum absolute atomic E-state index is 13.4. The highest BCUT2D eigenvalue weighted by molar-refractivity contribution is 7.89. The predicted octanol–water partition coefficient (Wildman–Crippen LogP) is 7.55. The van der Waals surface area contributed by atoms with Crippen LogP contribution in [0.4, 0.5) is 13.2 Å². The van der Waals surface area contributed by atoms with Crippen LogP contribution < -0.4 is 0 Å². The minimum absolute atomic E-state index is 0.174. The van der Waals surface area contributed by atoms with E-state index in [-0.39, 0.29) is 5.92 Å². The van der Waals surface area contributed by atoms with E-state index in [9.17, 15) is 21.6 Å². The molecule has 38 heavy (non-hydrogen) atoms. The fourth-order valence-corrected chi connectivity index (χ4v) is 7.29. The number of aromatic nitrogens is 1. The summed E-state index contributed by atoms with van der Waals surface area (Å²) in [4.78, 5) is 0.297. The average molecular weight is 561 g/mol. The first-order valence-corrected chi connectivity index (χ1v) is 14.3. The molecule has 0 spiro atoms. The van der Waals surface area contributed by atoms with Crippen LogP contribution in [-0.2, 0) is 22.7 Å². The summed E-state index contributed by atoms with van der Waals surface area (Å²) in [7, 11) is -3.64. The summed E-state index contributed by atoms with van der Waals surface area (Å²) in [5, 5.41) is 1.64. The summed E-state index contributed by atoms with van der Waals surface area (Å²) in [5.41, 5.74) is 3.62.